The number of rotatable bonds is 7. The second-order valence-corrected chi connectivity index (χ2v) is 12.0. The van der Waals surface area contributed by atoms with E-state index in [0.29, 0.717) is 12.8 Å². The van der Waals surface area contributed by atoms with E-state index in [4.69, 9.17) is 0 Å². The molecule has 1 aromatic carbocycles. The van der Waals surface area contributed by atoms with Crippen LogP contribution in [0.5, 0.6) is 0 Å². The van der Waals surface area contributed by atoms with E-state index in [1.54, 1.807) is 0 Å². The fourth-order valence-electron chi connectivity index (χ4n) is 7.03. The van der Waals surface area contributed by atoms with Crippen LogP contribution < -0.4 is 0 Å². The van der Waals surface area contributed by atoms with Gasteiger partial charge in [-0.05, 0) is 110 Å². The number of fused-ring (bicyclic) bond motifs is 9. The Bertz CT molecular complexity index is 2420. The first-order chi connectivity index (χ1) is 21.6. The van der Waals surface area contributed by atoms with Crippen LogP contribution in [0.15, 0.2) is 42.6 Å². The molecule has 0 amide bonds. The Balaban J connectivity index is 1.70. The minimum atomic E-state index is -0.860. The van der Waals surface area contributed by atoms with Crippen LogP contribution >= 0.6 is 0 Å². The highest BCUT2D eigenvalue weighted by molar-refractivity contribution is 6.22. The zero-order valence-electron chi connectivity index (χ0n) is 25.7. The second kappa shape index (κ2) is 10.7. The van der Waals surface area contributed by atoms with E-state index >= 15 is 0 Å². The third kappa shape index (κ3) is 4.66. The SMILES string of the molecule is CCc1c(C)c2cc3[nH]c(cc4[nH]c(cc5[nH]c6c(ccc7nccc5c76)c1[nH]2)c(C)c4CCC(=O)O)c(CCC(=O)O)c3C. The summed E-state index contributed by atoms with van der Waals surface area (Å²) in [6.07, 6.45) is 3.40. The van der Waals surface area contributed by atoms with Gasteiger partial charge in [0.2, 0.25) is 0 Å². The summed E-state index contributed by atoms with van der Waals surface area (Å²) in [6, 6.07) is 12.4. The molecule has 0 saturated carbocycles. The van der Waals surface area contributed by atoms with E-state index in [-0.39, 0.29) is 12.8 Å². The van der Waals surface area contributed by atoms with Gasteiger partial charge in [-0.3, -0.25) is 14.6 Å². The van der Waals surface area contributed by atoms with Crippen molar-refractivity contribution in [3.8, 4) is 0 Å². The van der Waals surface area contributed by atoms with Gasteiger partial charge in [0, 0.05) is 68.3 Å². The molecule has 0 unspecified atom stereocenters. The first-order valence-electron chi connectivity index (χ1n) is 15.3. The minimum absolute atomic E-state index is 0.00277. The lowest BCUT2D eigenvalue weighted by Crippen LogP contribution is -1.98. The van der Waals surface area contributed by atoms with E-state index in [1.807, 2.05) is 32.2 Å². The van der Waals surface area contributed by atoms with Crippen molar-refractivity contribution in [1.29, 1.82) is 0 Å². The fraction of sp³-hybridized carbons (Fsp3) is 0.250. The van der Waals surface area contributed by atoms with Gasteiger partial charge in [-0.25, -0.2) is 0 Å². The van der Waals surface area contributed by atoms with Crippen LogP contribution in [0.4, 0.5) is 0 Å². The summed E-state index contributed by atoms with van der Waals surface area (Å²) in [7, 11) is 0. The first kappa shape index (κ1) is 28.5. The lowest BCUT2D eigenvalue weighted by Gasteiger charge is -2.01. The number of nitrogens with one attached hydrogen (secondary N) is 4. The smallest absolute Gasteiger partial charge is 0.303 e. The van der Waals surface area contributed by atoms with Crippen molar-refractivity contribution in [3.63, 3.8) is 0 Å². The molecular weight excluding hydrogens is 566 g/mol. The molecular formula is C36H35N5O4. The lowest BCUT2D eigenvalue weighted by atomic mass is 10.0. The minimum Gasteiger partial charge on any atom is -0.481 e. The average molecular weight is 602 g/mol. The van der Waals surface area contributed by atoms with Crippen molar-refractivity contribution in [2.75, 3.05) is 0 Å². The van der Waals surface area contributed by atoms with Gasteiger partial charge >= 0.3 is 11.9 Å². The summed E-state index contributed by atoms with van der Waals surface area (Å²) in [6.45, 7) is 8.35. The molecule has 9 nitrogen and oxygen atoms in total. The molecule has 8 bridgehead atoms. The van der Waals surface area contributed by atoms with Gasteiger partial charge < -0.3 is 30.1 Å². The maximum atomic E-state index is 11.6. The summed E-state index contributed by atoms with van der Waals surface area (Å²) < 4.78 is 0. The summed E-state index contributed by atoms with van der Waals surface area (Å²) in [4.78, 5) is 42.6. The second-order valence-electron chi connectivity index (χ2n) is 12.0. The van der Waals surface area contributed by atoms with Gasteiger partial charge in [0.05, 0.1) is 16.6 Å². The number of pyridine rings is 1. The molecule has 228 valence electrons. The van der Waals surface area contributed by atoms with E-state index in [1.165, 1.54) is 5.56 Å². The van der Waals surface area contributed by atoms with Gasteiger partial charge in [0.1, 0.15) is 0 Å². The van der Waals surface area contributed by atoms with Crippen molar-refractivity contribution in [3.05, 3.63) is 76.0 Å². The monoisotopic (exact) mass is 601 g/mol. The zero-order valence-corrected chi connectivity index (χ0v) is 25.7. The van der Waals surface area contributed by atoms with Crippen LogP contribution in [-0.2, 0) is 28.9 Å². The van der Waals surface area contributed by atoms with Gasteiger partial charge in [-0.15, -0.1) is 0 Å². The molecule has 0 saturated heterocycles. The number of carboxylic acid groups (broad SMARTS) is 2. The summed E-state index contributed by atoms with van der Waals surface area (Å²) in [5, 5.41) is 22.3. The van der Waals surface area contributed by atoms with Crippen LogP contribution in [0.3, 0.4) is 0 Å². The van der Waals surface area contributed by atoms with Crippen LogP contribution in [0.2, 0.25) is 0 Å². The number of hydrogen-bond acceptors (Lipinski definition) is 3. The molecule has 6 N–H and O–H groups in total. The standard InChI is InChI=1S/C36H35N5O4/c1-5-20-17(2)28-14-26-18(3)21(7-10-32(42)43)29(38-26)16-30-22(8-11-33(44)45)19(4)27(39-30)15-31-23-12-13-37-25-9-6-24(35(20)40-28)36(41-31)34(23)25/h6,9,12-16,38-41H,5,7-8,10-11H2,1-4H3,(H,42,43)(H,44,45). The Morgan fingerprint density at radius 2 is 1.18 bits per heavy atom. The number of aliphatic carboxylic acids is 2. The molecule has 0 aliphatic heterocycles. The Morgan fingerprint density at radius 1 is 0.644 bits per heavy atom. The maximum Gasteiger partial charge on any atom is 0.303 e. The van der Waals surface area contributed by atoms with Crippen molar-refractivity contribution in [2.45, 2.75) is 59.8 Å². The maximum absolute atomic E-state index is 11.6. The summed E-state index contributed by atoms with van der Waals surface area (Å²) in [5.74, 6) is -1.72. The topological polar surface area (TPSA) is 151 Å². The summed E-state index contributed by atoms with van der Waals surface area (Å²) in [5.41, 5.74) is 14.5. The van der Waals surface area contributed by atoms with E-state index in [9.17, 15) is 19.8 Å². The Labute approximate surface area is 258 Å². The molecule has 9 heteroatoms. The van der Waals surface area contributed by atoms with Crippen LogP contribution in [0.1, 0.15) is 53.1 Å². The van der Waals surface area contributed by atoms with E-state index < -0.39 is 11.9 Å². The van der Waals surface area contributed by atoms with Crippen LogP contribution in [0, 0.1) is 20.8 Å². The molecule has 7 aromatic rings. The zero-order chi connectivity index (χ0) is 31.6. The fourth-order valence-corrected chi connectivity index (χ4v) is 7.03. The number of nitrogens with zero attached hydrogens (tertiary/aromatic N) is 1. The van der Waals surface area contributed by atoms with Gasteiger partial charge in [-0.2, -0.15) is 0 Å². The first-order valence-corrected chi connectivity index (χ1v) is 15.3. The lowest BCUT2D eigenvalue weighted by molar-refractivity contribution is -0.138. The molecule has 0 atom stereocenters. The molecule has 0 spiro atoms. The van der Waals surface area contributed by atoms with Crippen LogP contribution in [-0.4, -0.2) is 47.1 Å². The Hall–Kier alpha value is -5.31. The third-order valence-corrected chi connectivity index (χ3v) is 9.44. The quantitative estimate of drug-likeness (QED) is 0.110. The van der Waals surface area contributed by atoms with Crippen molar-refractivity contribution < 1.29 is 19.8 Å². The number of carbonyl (C=O) groups is 2. The largest absolute Gasteiger partial charge is 0.481 e. The number of hydrogen-bond donors (Lipinski definition) is 6. The Morgan fingerprint density at radius 3 is 1.78 bits per heavy atom. The average Bonchev–Trinajstić information content (AvgIpc) is 3.70. The number of aryl methyl sites for hydroxylation is 6. The normalized spacial score (nSPS) is 11.9. The third-order valence-electron chi connectivity index (χ3n) is 9.44. The van der Waals surface area contributed by atoms with Crippen molar-refractivity contribution >= 4 is 77.7 Å². The van der Waals surface area contributed by atoms with Gasteiger partial charge in [-0.1, -0.05) is 6.92 Å². The number of aromatic amines is 4. The van der Waals surface area contributed by atoms with Crippen molar-refractivity contribution in [1.82, 2.24) is 24.9 Å². The highest BCUT2D eigenvalue weighted by atomic mass is 16.4. The highest BCUT2D eigenvalue weighted by Crippen LogP contribution is 2.36. The van der Waals surface area contributed by atoms with E-state index in [2.05, 4.69) is 63.0 Å². The number of aromatic nitrogens is 5. The molecule has 0 radical (unpaired) electrons. The predicted octanol–water partition coefficient (Wildman–Crippen LogP) is 7.96. The number of benzene rings is 1. The molecule has 6 heterocycles. The van der Waals surface area contributed by atoms with Crippen molar-refractivity contribution in [2.24, 2.45) is 0 Å². The molecule has 0 aliphatic rings. The molecule has 45 heavy (non-hydrogen) atoms. The highest BCUT2D eigenvalue weighted by Gasteiger charge is 2.17. The summed E-state index contributed by atoms with van der Waals surface area (Å²) >= 11 is 0. The van der Waals surface area contributed by atoms with Gasteiger partial charge in [0.15, 0.2) is 0 Å². The molecule has 7 rings (SSSR count). The Kier molecular flexibility index (Phi) is 6.76. The van der Waals surface area contributed by atoms with Gasteiger partial charge in [0.25, 0.3) is 0 Å². The van der Waals surface area contributed by atoms with E-state index in [0.717, 1.165) is 100 Å². The van der Waals surface area contributed by atoms with Crippen LogP contribution in [0.25, 0.3) is 65.8 Å². The number of carboxylic acids is 2. The number of H-pyrrole nitrogens is 4. The molecule has 0 aliphatic carbocycles. The molecule has 0 fully saturated rings. The molecule has 6 aromatic heterocycles. The predicted molar refractivity (Wildman–Crippen MR) is 180 cm³/mol.